The Bertz CT molecular complexity index is 380. The first-order valence-corrected chi connectivity index (χ1v) is 6.28. The van der Waals surface area contributed by atoms with E-state index in [1.807, 2.05) is 19.1 Å². The van der Waals surface area contributed by atoms with Crippen LogP contribution in [0.3, 0.4) is 0 Å². The van der Waals surface area contributed by atoms with Crippen LogP contribution in [0, 0.1) is 6.92 Å². The fourth-order valence-electron chi connectivity index (χ4n) is 1.44. The lowest BCUT2D eigenvalue weighted by molar-refractivity contribution is -0.115. The molecule has 0 bridgehead atoms. The van der Waals surface area contributed by atoms with Crippen LogP contribution in [0.25, 0.3) is 0 Å². The highest BCUT2D eigenvalue weighted by Gasteiger charge is 2.06. The second-order valence-electron chi connectivity index (χ2n) is 4.01. The first kappa shape index (κ1) is 14.0. The summed E-state index contributed by atoms with van der Waals surface area (Å²) in [6.45, 7) is 5.22. The van der Waals surface area contributed by atoms with Crippen molar-refractivity contribution in [1.29, 1.82) is 0 Å². The molecule has 4 heteroatoms. The molecule has 94 valence electrons. The van der Waals surface area contributed by atoms with Gasteiger partial charge in [-0.05, 0) is 31.5 Å². The third-order valence-corrected chi connectivity index (χ3v) is 2.96. The number of aryl methyl sites for hydroxylation is 1. The average molecular weight is 255 g/mol. The van der Waals surface area contributed by atoms with E-state index >= 15 is 0 Å². The number of benzene rings is 1. The Morgan fingerprint density at radius 2 is 2.18 bits per heavy atom. The van der Waals surface area contributed by atoms with Crippen molar-refractivity contribution in [3.63, 3.8) is 0 Å². The lowest BCUT2D eigenvalue weighted by Crippen LogP contribution is -2.28. The number of nitrogens with one attached hydrogen (secondary N) is 2. The Kier molecular flexibility index (Phi) is 6.01. The first-order valence-electron chi connectivity index (χ1n) is 5.90. The highest BCUT2D eigenvalue weighted by molar-refractivity contribution is 6.34. The quantitative estimate of drug-likeness (QED) is 0.767. The van der Waals surface area contributed by atoms with Crippen molar-refractivity contribution < 1.29 is 4.79 Å². The molecule has 0 aliphatic rings. The Morgan fingerprint density at radius 1 is 1.41 bits per heavy atom. The maximum Gasteiger partial charge on any atom is 0.238 e. The van der Waals surface area contributed by atoms with Crippen LogP contribution in [-0.2, 0) is 4.79 Å². The van der Waals surface area contributed by atoms with E-state index in [9.17, 15) is 4.79 Å². The van der Waals surface area contributed by atoms with Crippen molar-refractivity contribution in [2.75, 3.05) is 18.4 Å². The van der Waals surface area contributed by atoms with Crippen molar-refractivity contribution >= 4 is 23.2 Å². The SMILES string of the molecule is CCCCNCC(=O)Nc1cccc(C)c1Cl. The number of amides is 1. The lowest BCUT2D eigenvalue weighted by Gasteiger charge is -2.09. The molecule has 0 saturated carbocycles. The molecule has 1 aromatic rings. The summed E-state index contributed by atoms with van der Waals surface area (Å²) < 4.78 is 0. The van der Waals surface area contributed by atoms with Crippen molar-refractivity contribution in [3.05, 3.63) is 28.8 Å². The van der Waals surface area contributed by atoms with Gasteiger partial charge >= 0.3 is 0 Å². The molecule has 0 aliphatic carbocycles. The summed E-state index contributed by atoms with van der Waals surface area (Å²) in [5.74, 6) is -0.0615. The van der Waals surface area contributed by atoms with Crippen LogP contribution >= 0.6 is 11.6 Å². The Balaban J connectivity index is 2.43. The molecule has 3 nitrogen and oxygen atoms in total. The number of carbonyl (C=O) groups excluding carboxylic acids is 1. The number of halogens is 1. The van der Waals surface area contributed by atoms with E-state index < -0.39 is 0 Å². The van der Waals surface area contributed by atoms with Gasteiger partial charge in [-0.15, -0.1) is 0 Å². The molecule has 1 rings (SSSR count). The predicted octanol–water partition coefficient (Wildman–Crippen LogP) is 2.98. The summed E-state index contributed by atoms with van der Waals surface area (Å²) in [4.78, 5) is 11.6. The zero-order valence-corrected chi connectivity index (χ0v) is 11.1. The Hall–Kier alpha value is -1.06. The molecule has 0 spiro atoms. The van der Waals surface area contributed by atoms with E-state index in [0.29, 0.717) is 17.3 Å². The number of hydrogen-bond donors (Lipinski definition) is 2. The monoisotopic (exact) mass is 254 g/mol. The van der Waals surface area contributed by atoms with Gasteiger partial charge in [-0.2, -0.15) is 0 Å². The molecule has 0 unspecified atom stereocenters. The average Bonchev–Trinajstić information content (AvgIpc) is 2.31. The fourth-order valence-corrected chi connectivity index (χ4v) is 1.62. The molecule has 17 heavy (non-hydrogen) atoms. The minimum atomic E-state index is -0.0615. The van der Waals surface area contributed by atoms with Gasteiger partial charge in [-0.1, -0.05) is 37.1 Å². The predicted molar refractivity (Wildman–Crippen MR) is 72.6 cm³/mol. The molecule has 0 fully saturated rings. The van der Waals surface area contributed by atoms with Gasteiger partial charge in [0.2, 0.25) is 5.91 Å². The molecule has 0 aliphatic heterocycles. The molecular formula is C13H19ClN2O. The minimum Gasteiger partial charge on any atom is -0.324 e. The van der Waals surface area contributed by atoms with E-state index in [1.165, 1.54) is 0 Å². The second-order valence-corrected chi connectivity index (χ2v) is 4.39. The zero-order chi connectivity index (χ0) is 12.7. The third-order valence-electron chi connectivity index (χ3n) is 2.46. The molecule has 2 N–H and O–H groups in total. The van der Waals surface area contributed by atoms with Crippen LogP contribution < -0.4 is 10.6 Å². The third kappa shape index (κ3) is 4.75. The van der Waals surface area contributed by atoms with Gasteiger partial charge < -0.3 is 10.6 Å². The van der Waals surface area contributed by atoms with Crippen molar-refractivity contribution in [3.8, 4) is 0 Å². The summed E-state index contributed by atoms with van der Waals surface area (Å²) >= 11 is 6.09. The van der Waals surface area contributed by atoms with Crippen LogP contribution in [-0.4, -0.2) is 19.0 Å². The highest BCUT2D eigenvalue weighted by Crippen LogP contribution is 2.24. The number of rotatable bonds is 6. The van der Waals surface area contributed by atoms with Gasteiger partial charge in [0.1, 0.15) is 0 Å². The number of hydrogen-bond acceptors (Lipinski definition) is 2. The normalized spacial score (nSPS) is 10.3. The number of unbranched alkanes of at least 4 members (excludes halogenated alkanes) is 1. The molecule has 1 amide bonds. The second kappa shape index (κ2) is 7.30. The minimum absolute atomic E-state index is 0.0615. The van der Waals surface area contributed by atoms with Gasteiger partial charge in [0, 0.05) is 0 Å². The molecule has 1 aromatic carbocycles. The van der Waals surface area contributed by atoms with Crippen molar-refractivity contribution in [1.82, 2.24) is 5.32 Å². The summed E-state index contributed by atoms with van der Waals surface area (Å²) in [6.07, 6.45) is 2.21. The zero-order valence-electron chi connectivity index (χ0n) is 10.3. The molecule has 0 aromatic heterocycles. The molecule has 0 atom stereocenters. The standard InChI is InChI=1S/C13H19ClN2O/c1-3-4-8-15-9-12(17)16-11-7-5-6-10(2)13(11)14/h5-7,15H,3-4,8-9H2,1-2H3,(H,16,17). The topological polar surface area (TPSA) is 41.1 Å². The molecule has 0 radical (unpaired) electrons. The van der Waals surface area contributed by atoms with Gasteiger partial charge in [0.15, 0.2) is 0 Å². The van der Waals surface area contributed by atoms with E-state index in [0.717, 1.165) is 24.9 Å². The Labute approximate surface area is 108 Å². The van der Waals surface area contributed by atoms with Crippen molar-refractivity contribution in [2.24, 2.45) is 0 Å². The molecule has 0 heterocycles. The number of carbonyl (C=O) groups is 1. The maximum atomic E-state index is 11.6. The van der Waals surface area contributed by atoms with E-state index in [4.69, 9.17) is 11.6 Å². The van der Waals surface area contributed by atoms with Gasteiger partial charge in [-0.3, -0.25) is 4.79 Å². The van der Waals surface area contributed by atoms with Crippen LogP contribution in [0.4, 0.5) is 5.69 Å². The van der Waals surface area contributed by atoms with Gasteiger partial charge in [-0.25, -0.2) is 0 Å². The summed E-state index contributed by atoms with van der Waals surface area (Å²) in [7, 11) is 0. The van der Waals surface area contributed by atoms with Crippen LogP contribution in [0.2, 0.25) is 5.02 Å². The van der Waals surface area contributed by atoms with E-state index in [2.05, 4.69) is 17.6 Å². The molecule has 0 saturated heterocycles. The first-order chi connectivity index (χ1) is 8.15. The van der Waals surface area contributed by atoms with E-state index in [1.54, 1.807) is 6.07 Å². The summed E-state index contributed by atoms with van der Waals surface area (Å²) in [5.41, 5.74) is 1.64. The van der Waals surface area contributed by atoms with Crippen LogP contribution in [0.15, 0.2) is 18.2 Å². The van der Waals surface area contributed by atoms with Crippen molar-refractivity contribution in [2.45, 2.75) is 26.7 Å². The van der Waals surface area contributed by atoms with Crippen LogP contribution in [0.5, 0.6) is 0 Å². The van der Waals surface area contributed by atoms with Gasteiger partial charge in [0.05, 0.1) is 17.3 Å². The van der Waals surface area contributed by atoms with Crippen LogP contribution in [0.1, 0.15) is 25.3 Å². The smallest absolute Gasteiger partial charge is 0.238 e. The lowest BCUT2D eigenvalue weighted by atomic mass is 10.2. The van der Waals surface area contributed by atoms with E-state index in [-0.39, 0.29) is 5.91 Å². The Morgan fingerprint density at radius 3 is 2.88 bits per heavy atom. The van der Waals surface area contributed by atoms with Gasteiger partial charge in [0.25, 0.3) is 0 Å². The maximum absolute atomic E-state index is 11.6. The number of anilines is 1. The summed E-state index contributed by atoms with van der Waals surface area (Å²) in [6, 6.07) is 5.60. The molecular weight excluding hydrogens is 236 g/mol. The summed E-state index contributed by atoms with van der Waals surface area (Å²) in [5, 5.41) is 6.49. The highest BCUT2D eigenvalue weighted by atomic mass is 35.5. The fraction of sp³-hybridized carbons (Fsp3) is 0.462. The largest absolute Gasteiger partial charge is 0.324 e.